The highest BCUT2D eigenvalue weighted by Crippen LogP contribution is 2.50. The van der Waals surface area contributed by atoms with Crippen molar-refractivity contribution >= 4 is 5.91 Å². The molecule has 2 aliphatic rings. The third-order valence-corrected chi connectivity index (χ3v) is 5.65. The van der Waals surface area contributed by atoms with Gasteiger partial charge in [0.05, 0.1) is 18.1 Å². The highest BCUT2D eigenvalue weighted by molar-refractivity contribution is 5.91. The molecule has 4 rings (SSSR count). The van der Waals surface area contributed by atoms with Gasteiger partial charge in [0, 0.05) is 6.54 Å². The van der Waals surface area contributed by atoms with Gasteiger partial charge in [-0.3, -0.25) is 4.79 Å². The van der Waals surface area contributed by atoms with Crippen LogP contribution in [-0.2, 0) is 14.9 Å². The molecule has 2 aromatic carbocycles. The Balaban J connectivity index is 1.59. The van der Waals surface area contributed by atoms with Crippen molar-refractivity contribution in [2.24, 2.45) is 0 Å². The van der Waals surface area contributed by atoms with Crippen molar-refractivity contribution in [3.63, 3.8) is 0 Å². The van der Waals surface area contributed by atoms with Gasteiger partial charge in [0.15, 0.2) is 0 Å². The third kappa shape index (κ3) is 3.16. The fourth-order valence-electron chi connectivity index (χ4n) is 4.27. The number of benzene rings is 2. The number of rotatable bonds is 3. The van der Waals surface area contributed by atoms with Crippen molar-refractivity contribution in [2.45, 2.75) is 51.2 Å². The molecular formula is C23H27NO2. The number of carbonyl (C=O) groups excluding carboxylic acids is 1. The maximum absolute atomic E-state index is 13.5. The lowest BCUT2D eigenvalue weighted by Crippen LogP contribution is -2.49. The van der Waals surface area contributed by atoms with E-state index in [1.165, 1.54) is 16.7 Å². The topological polar surface area (TPSA) is 29.5 Å². The molecule has 0 N–H and O–H groups in total. The molecule has 3 nitrogen and oxygen atoms in total. The number of nitrogens with zero attached hydrogens (tertiary/aromatic N) is 1. The number of morpholine rings is 1. The second-order valence-electron chi connectivity index (χ2n) is 8.01. The molecule has 0 bridgehead atoms. The first kappa shape index (κ1) is 17.3. The number of ether oxygens (including phenoxy) is 1. The average molecular weight is 349 g/mol. The zero-order chi connectivity index (χ0) is 18.3. The maximum Gasteiger partial charge on any atom is 0.233 e. The molecule has 1 saturated heterocycles. The minimum Gasteiger partial charge on any atom is -0.367 e. The predicted octanol–water partition coefficient (Wildman–Crippen LogP) is 4.32. The SMILES string of the molecule is Cc1cc(C)cc(C2(C(=O)N3CC(C)OC(c4ccccc4)C3)CC2)c1. The van der Waals surface area contributed by atoms with Crippen LogP contribution in [0.15, 0.2) is 48.5 Å². The predicted molar refractivity (Wildman–Crippen MR) is 103 cm³/mol. The van der Waals surface area contributed by atoms with Gasteiger partial charge in [0.1, 0.15) is 6.10 Å². The first-order valence-corrected chi connectivity index (χ1v) is 9.56. The Morgan fingerprint density at radius 2 is 1.69 bits per heavy atom. The van der Waals surface area contributed by atoms with Crippen LogP contribution in [0.25, 0.3) is 0 Å². The molecule has 136 valence electrons. The van der Waals surface area contributed by atoms with Crippen LogP contribution in [0.2, 0.25) is 0 Å². The largest absolute Gasteiger partial charge is 0.367 e. The van der Waals surface area contributed by atoms with Crippen molar-refractivity contribution in [2.75, 3.05) is 13.1 Å². The van der Waals surface area contributed by atoms with Gasteiger partial charge in [-0.15, -0.1) is 0 Å². The van der Waals surface area contributed by atoms with Gasteiger partial charge >= 0.3 is 0 Å². The van der Waals surface area contributed by atoms with E-state index in [1.54, 1.807) is 0 Å². The van der Waals surface area contributed by atoms with Gasteiger partial charge in [-0.25, -0.2) is 0 Å². The second-order valence-corrected chi connectivity index (χ2v) is 8.01. The van der Waals surface area contributed by atoms with Gasteiger partial charge in [0.25, 0.3) is 0 Å². The quantitative estimate of drug-likeness (QED) is 0.826. The zero-order valence-electron chi connectivity index (χ0n) is 15.9. The van der Waals surface area contributed by atoms with E-state index in [-0.39, 0.29) is 23.5 Å². The van der Waals surface area contributed by atoms with Crippen LogP contribution >= 0.6 is 0 Å². The lowest BCUT2D eigenvalue weighted by atomic mass is 9.91. The monoisotopic (exact) mass is 349 g/mol. The van der Waals surface area contributed by atoms with Gasteiger partial charge in [-0.1, -0.05) is 59.7 Å². The summed E-state index contributed by atoms with van der Waals surface area (Å²) in [7, 11) is 0. The van der Waals surface area contributed by atoms with E-state index in [0.29, 0.717) is 13.1 Å². The fraction of sp³-hybridized carbons (Fsp3) is 0.435. The molecule has 2 aromatic rings. The van der Waals surface area contributed by atoms with Crippen molar-refractivity contribution in [1.29, 1.82) is 0 Å². The molecule has 2 atom stereocenters. The lowest BCUT2D eigenvalue weighted by Gasteiger charge is -2.39. The average Bonchev–Trinajstić information content (AvgIpc) is 3.42. The Bertz CT molecular complexity index is 790. The van der Waals surface area contributed by atoms with E-state index in [0.717, 1.165) is 18.4 Å². The number of amides is 1. The van der Waals surface area contributed by atoms with Gasteiger partial charge in [0.2, 0.25) is 5.91 Å². The normalized spacial score (nSPS) is 24.3. The van der Waals surface area contributed by atoms with Gasteiger partial charge in [-0.2, -0.15) is 0 Å². The van der Waals surface area contributed by atoms with Crippen LogP contribution in [0.4, 0.5) is 0 Å². The van der Waals surface area contributed by atoms with E-state index in [1.807, 2.05) is 23.1 Å². The minimum absolute atomic E-state index is 0.0426. The maximum atomic E-state index is 13.5. The highest BCUT2D eigenvalue weighted by atomic mass is 16.5. The van der Waals surface area contributed by atoms with E-state index < -0.39 is 0 Å². The van der Waals surface area contributed by atoms with Crippen molar-refractivity contribution in [1.82, 2.24) is 4.90 Å². The summed E-state index contributed by atoms with van der Waals surface area (Å²) in [6, 6.07) is 16.8. The summed E-state index contributed by atoms with van der Waals surface area (Å²) in [6.07, 6.45) is 1.92. The Morgan fingerprint density at radius 3 is 2.31 bits per heavy atom. The minimum atomic E-state index is -0.310. The van der Waals surface area contributed by atoms with Crippen LogP contribution in [0.1, 0.15) is 48.1 Å². The standard InChI is InChI=1S/C23H27NO2/c1-16-11-17(2)13-20(12-16)23(9-10-23)22(25)24-14-18(3)26-21(15-24)19-7-5-4-6-8-19/h4-8,11-13,18,21H,9-10,14-15H2,1-3H3. The second kappa shape index (κ2) is 6.55. The molecule has 1 aliphatic carbocycles. The molecule has 1 amide bonds. The van der Waals surface area contributed by atoms with E-state index in [4.69, 9.17) is 4.74 Å². The van der Waals surface area contributed by atoms with Crippen molar-refractivity contribution in [3.8, 4) is 0 Å². The molecule has 2 unspecified atom stereocenters. The summed E-state index contributed by atoms with van der Waals surface area (Å²) in [5.74, 6) is 0.276. The summed E-state index contributed by atoms with van der Waals surface area (Å²) in [5.41, 5.74) is 4.49. The van der Waals surface area contributed by atoms with Crippen LogP contribution in [0, 0.1) is 13.8 Å². The van der Waals surface area contributed by atoms with E-state index in [2.05, 4.69) is 51.1 Å². The number of carbonyl (C=O) groups is 1. The molecule has 2 fully saturated rings. The molecule has 1 saturated carbocycles. The highest BCUT2D eigenvalue weighted by Gasteiger charge is 2.53. The summed E-state index contributed by atoms with van der Waals surface area (Å²) < 4.78 is 6.14. The number of hydrogen-bond acceptors (Lipinski definition) is 2. The molecule has 3 heteroatoms. The van der Waals surface area contributed by atoms with Crippen molar-refractivity contribution < 1.29 is 9.53 Å². The lowest BCUT2D eigenvalue weighted by molar-refractivity contribution is -0.147. The van der Waals surface area contributed by atoms with E-state index >= 15 is 0 Å². The molecule has 1 aliphatic heterocycles. The van der Waals surface area contributed by atoms with Gasteiger partial charge in [-0.05, 0) is 44.7 Å². The number of aryl methyl sites for hydroxylation is 2. The van der Waals surface area contributed by atoms with Crippen molar-refractivity contribution in [3.05, 3.63) is 70.8 Å². The summed E-state index contributed by atoms with van der Waals surface area (Å²) >= 11 is 0. The molecule has 0 aromatic heterocycles. The third-order valence-electron chi connectivity index (χ3n) is 5.65. The van der Waals surface area contributed by atoms with Gasteiger partial charge < -0.3 is 9.64 Å². The Labute approximate surface area is 156 Å². The molecular weight excluding hydrogens is 322 g/mol. The Hall–Kier alpha value is -2.13. The molecule has 26 heavy (non-hydrogen) atoms. The summed E-state index contributed by atoms with van der Waals surface area (Å²) in [5, 5.41) is 0. The van der Waals surface area contributed by atoms with Crippen LogP contribution < -0.4 is 0 Å². The Kier molecular flexibility index (Phi) is 4.36. The smallest absolute Gasteiger partial charge is 0.233 e. The fourth-order valence-corrected chi connectivity index (χ4v) is 4.27. The van der Waals surface area contributed by atoms with Crippen LogP contribution in [0.3, 0.4) is 0 Å². The number of hydrogen-bond donors (Lipinski definition) is 0. The summed E-state index contributed by atoms with van der Waals surface area (Å²) in [6.45, 7) is 7.60. The zero-order valence-corrected chi connectivity index (χ0v) is 15.9. The first-order valence-electron chi connectivity index (χ1n) is 9.56. The Morgan fingerprint density at radius 1 is 1.04 bits per heavy atom. The molecule has 1 heterocycles. The summed E-state index contributed by atoms with van der Waals surface area (Å²) in [4.78, 5) is 15.5. The first-order chi connectivity index (χ1) is 12.5. The molecule has 0 spiro atoms. The van der Waals surface area contributed by atoms with E-state index in [9.17, 15) is 4.79 Å². The van der Waals surface area contributed by atoms with Crippen LogP contribution in [0.5, 0.6) is 0 Å². The van der Waals surface area contributed by atoms with Crippen LogP contribution in [-0.4, -0.2) is 30.0 Å². The molecule has 0 radical (unpaired) electrons.